The first kappa shape index (κ1) is 18.3. The third-order valence-electron chi connectivity index (χ3n) is 4.42. The van der Waals surface area contributed by atoms with Crippen LogP contribution >= 0.6 is 27.7 Å². The molecule has 0 bridgehead atoms. The van der Waals surface area contributed by atoms with E-state index in [0.29, 0.717) is 0 Å². The van der Waals surface area contributed by atoms with Gasteiger partial charge in [0.15, 0.2) is 12.4 Å². The van der Waals surface area contributed by atoms with Gasteiger partial charge in [-0.15, -0.1) is 11.8 Å². The van der Waals surface area contributed by atoms with Crippen LogP contribution in [0.5, 0.6) is 0 Å². The molecule has 0 radical (unpaired) electrons. The molecule has 1 N–H and O–H groups in total. The predicted molar refractivity (Wildman–Crippen MR) is 107 cm³/mol. The van der Waals surface area contributed by atoms with Crippen molar-refractivity contribution < 1.29 is 9.78 Å². The summed E-state index contributed by atoms with van der Waals surface area (Å²) in [6, 6.07) is 12.4. The van der Waals surface area contributed by atoms with E-state index in [2.05, 4.69) is 50.1 Å². The second-order valence-corrected chi connectivity index (χ2v) is 8.40. The number of pyridine rings is 1. The van der Waals surface area contributed by atoms with Crippen molar-refractivity contribution in [1.29, 1.82) is 0 Å². The van der Waals surface area contributed by atoms with Gasteiger partial charge >= 0.3 is 0 Å². The van der Waals surface area contributed by atoms with Crippen molar-refractivity contribution in [2.75, 3.05) is 31.1 Å². The number of rotatable bonds is 5. The Labute approximate surface area is 161 Å². The molecule has 1 atom stereocenters. The van der Waals surface area contributed by atoms with Gasteiger partial charge in [0, 0.05) is 54.2 Å². The lowest BCUT2D eigenvalue weighted by Crippen LogP contribution is -2.50. The highest BCUT2D eigenvalue weighted by atomic mass is 79.9. The number of halogens is 1. The molecule has 0 unspecified atom stereocenters. The molecule has 4 nitrogen and oxygen atoms in total. The van der Waals surface area contributed by atoms with E-state index in [1.165, 1.54) is 11.3 Å². The molecular weight excluding hydrogens is 398 g/mol. The third kappa shape index (κ3) is 4.98. The van der Waals surface area contributed by atoms with Crippen molar-refractivity contribution in [3.05, 3.63) is 58.8 Å². The molecular formula is C19H23BrN3OS+. The van der Waals surface area contributed by atoms with Crippen LogP contribution in [0.1, 0.15) is 12.5 Å². The van der Waals surface area contributed by atoms with Gasteiger partial charge in [-0.3, -0.25) is 4.79 Å². The number of aromatic amines is 1. The van der Waals surface area contributed by atoms with Gasteiger partial charge in [-0.25, -0.2) is 4.98 Å². The van der Waals surface area contributed by atoms with Gasteiger partial charge in [-0.05, 0) is 24.6 Å². The minimum atomic E-state index is -0.0125. The van der Waals surface area contributed by atoms with Gasteiger partial charge in [0.25, 0.3) is 0 Å². The number of amides is 1. The molecule has 2 aromatic rings. The SMILES string of the molecule is C[C@@H](SCc1ccc(Br)cc1)C(=O)N1CCN(c2cc[nH+]cc2)CC1. The third-order valence-corrected chi connectivity index (χ3v) is 6.15. The molecule has 1 aliphatic heterocycles. The number of carbonyl (C=O) groups excluding carboxylic acids is 1. The quantitative estimate of drug-likeness (QED) is 0.744. The maximum Gasteiger partial charge on any atom is 0.235 e. The van der Waals surface area contributed by atoms with E-state index >= 15 is 0 Å². The Kier molecular flexibility index (Phi) is 6.37. The number of piperazine rings is 1. The minimum absolute atomic E-state index is 0.0125. The number of H-pyrrole nitrogens is 1. The van der Waals surface area contributed by atoms with Crippen LogP contribution in [0.15, 0.2) is 53.3 Å². The number of anilines is 1. The molecule has 1 amide bonds. The smallest absolute Gasteiger partial charge is 0.235 e. The van der Waals surface area contributed by atoms with Crippen molar-refractivity contribution in [3.8, 4) is 0 Å². The van der Waals surface area contributed by atoms with Crippen LogP contribution in [0.4, 0.5) is 5.69 Å². The van der Waals surface area contributed by atoms with E-state index in [-0.39, 0.29) is 11.2 Å². The minimum Gasteiger partial charge on any atom is -0.368 e. The zero-order chi connectivity index (χ0) is 17.6. The highest BCUT2D eigenvalue weighted by Gasteiger charge is 2.25. The van der Waals surface area contributed by atoms with Crippen LogP contribution in [0.3, 0.4) is 0 Å². The number of nitrogens with zero attached hydrogens (tertiary/aromatic N) is 2. The number of thioether (sulfide) groups is 1. The van der Waals surface area contributed by atoms with Gasteiger partial charge in [0.05, 0.1) is 5.25 Å². The van der Waals surface area contributed by atoms with Crippen LogP contribution in [-0.2, 0) is 10.5 Å². The van der Waals surface area contributed by atoms with Crippen LogP contribution in [0, 0.1) is 0 Å². The number of benzene rings is 1. The molecule has 1 aliphatic rings. The molecule has 0 spiro atoms. The topological polar surface area (TPSA) is 37.7 Å². The second kappa shape index (κ2) is 8.72. The lowest BCUT2D eigenvalue weighted by atomic mass is 10.2. The van der Waals surface area contributed by atoms with Crippen molar-refractivity contribution in [1.82, 2.24) is 4.90 Å². The van der Waals surface area contributed by atoms with Crippen molar-refractivity contribution in [2.24, 2.45) is 0 Å². The Hall–Kier alpha value is -1.53. The van der Waals surface area contributed by atoms with Gasteiger partial charge in [0.2, 0.25) is 5.91 Å². The number of hydrogen-bond acceptors (Lipinski definition) is 3. The first-order valence-corrected chi connectivity index (χ1v) is 10.3. The molecule has 0 aliphatic carbocycles. The summed E-state index contributed by atoms with van der Waals surface area (Å²) >= 11 is 5.16. The summed E-state index contributed by atoms with van der Waals surface area (Å²) < 4.78 is 1.08. The van der Waals surface area contributed by atoms with Crippen molar-refractivity contribution in [3.63, 3.8) is 0 Å². The Morgan fingerprint density at radius 1 is 1.12 bits per heavy atom. The summed E-state index contributed by atoms with van der Waals surface area (Å²) in [5.41, 5.74) is 2.46. The average Bonchev–Trinajstić information content (AvgIpc) is 2.67. The Morgan fingerprint density at radius 3 is 2.40 bits per heavy atom. The molecule has 1 fully saturated rings. The van der Waals surface area contributed by atoms with E-state index < -0.39 is 0 Å². The highest BCUT2D eigenvalue weighted by Crippen LogP contribution is 2.22. The molecule has 1 aromatic carbocycles. The Morgan fingerprint density at radius 2 is 1.76 bits per heavy atom. The van der Waals surface area contributed by atoms with Crippen molar-refractivity contribution in [2.45, 2.75) is 17.9 Å². The first-order chi connectivity index (χ1) is 12.1. The van der Waals surface area contributed by atoms with Gasteiger partial charge in [-0.2, -0.15) is 0 Å². The Bertz CT molecular complexity index is 688. The zero-order valence-corrected chi connectivity index (χ0v) is 16.7. The number of hydrogen-bond donors (Lipinski definition) is 0. The lowest BCUT2D eigenvalue weighted by Gasteiger charge is -2.36. The fourth-order valence-corrected chi connectivity index (χ4v) is 4.10. The summed E-state index contributed by atoms with van der Waals surface area (Å²) in [5.74, 6) is 1.11. The maximum atomic E-state index is 12.7. The van der Waals surface area contributed by atoms with Crippen LogP contribution in [0.25, 0.3) is 0 Å². The van der Waals surface area contributed by atoms with Gasteiger partial charge in [0.1, 0.15) is 0 Å². The highest BCUT2D eigenvalue weighted by molar-refractivity contribution is 9.10. The fourth-order valence-electron chi connectivity index (χ4n) is 2.90. The largest absolute Gasteiger partial charge is 0.368 e. The van der Waals surface area contributed by atoms with Crippen molar-refractivity contribution >= 4 is 39.3 Å². The monoisotopic (exact) mass is 420 g/mol. The van der Waals surface area contributed by atoms with Crippen LogP contribution in [-0.4, -0.2) is 42.2 Å². The summed E-state index contributed by atoms with van der Waals surface area (Å²) in [7, 11) is 0. The van der Waals surface area contributed by atoms with E-state index in [4.69, 9.17) is 0 Å². The molecule has 1 saturated heterocycles. The standard InChI is InChI=1S/C19H22BrN3OS/c1-15(25-14-16-2-4-17(20)5-3-16)19(24)23-12-10-22(11-13-23)18-6-8-21-9-7-18/h2-9,15H,10-14H2,1H3/p+1/t15-/m1/s1. The Balaban J connectivity index is 1.47. The summed E-state index contributed by atoms with van der Waals surface area (Å²) in [4.78, 5) is 20.1. The fraction of sp³-hybridized carbons (Fsp3) is 0.368. The second-order valence-electron chi connectivity index (χ2n) is 6.15. The summed E-state index contributed by atoms with van der Waals surface area (Å²) in [6.07, 6.45) is 3.88. The average molecular weight is 421 g/mol. The predicted octanol–water partition coefficient (Wildman–Crippen LogP) is 3.23. The first-order valence-electron chi connectivity index (χ1n) is 8.49. The molecule has 1 aromatic heterocycles. The summed E-state index contributed by atoms with van der Waals surface area (Å²) in [5, 5.41) is -0.0125. The zero-order valence-electron chi connectivity index (χ0n) is 14.3. The molecule has 25 heavy (non-hydrogen) atoms. The molecule has 6 heteroatoms. The number of carbonyl (C=O) groups is 1. The molecule has 132 valence electrons. The van der Waals surface area contributed by atoms with Gasteiger partial charge in [-0.1, -0.05) is 28.1 Å². The number of nitrogens with one attached hydrogen (secondary N) is 1. The normalized spacial score (nSPS) is 15.9. The lowest BCUT2D eigenvalue weighted by molar-refractivity contribution is -0.377. The van der Waals surface area contributed by atoms with Crippen LogP contribution < -0.4 is 9.88 Å². The molecule has 0 saturated carbocycles. The molecule has 2 heterocycles. The van der Waals surface area contributed by atoms with E-state index in [1.54, 1.807) is 11.8 Å². The van der Waals surface area contributed by atoms with Crippen LogP contribution in [0.2, 0.25) is 0 Å². The maximum absolute atomic E-state index is 12.7. The number of aromatic nitrogens is 1. The molecule has 3 rings (SSSR count). The van der Waals surface area contributed by atoms with E-state index in [0.717, 1.165) is 36.4 Å². The van der Waals surface area contributed by atoms with E-state index in [1.807, 2.05) is 36.4 Å². The van der Waals surface area contributed by atoms with Gasteiger partial charge < -0.3 is 9.80 Å². The summed E-state index contributed by atoms with van der Waals surface area (Å²) in [6.45, 7) is 5.38. The van der Waals surface area contributed by atoms with E-state index in [9.17, 15) is 4.79 Å².